The van der Waals surface area contributed by atoms with E-state index in [-0.39, 0.29) is 33.8 Å². The number of primary amides is 1. The molecule has 0 saturated carbocycles. The predicted molar refractivity (Wildman–Crippen MR) is 144 cm³/mol. The first-order valence-corrected chi connectivity index (χ1v) is 13.4. The number of likely N-dealkylation sites (N-methyl/N-ethyl adjacent to an activating group) is 1. The first-order valence-electron chi connectivity index (χ1n) is 13.4. The topological polar surface area (TPSA) is 139 Å². The van der Waals surface area contributed by atoms with Gasteiger partial charge < -0.3 is 35.3 Å². The average molecular weight is 612 g/mol. The Hall–Kier alpha value is -4.05. The SMILES string of the molecule is COc1c([C@H]2[C@H](c3nc4c(NC(=O)N5CCN(C)CC5)cnc(C(N)=O)c4[nH]3)O[C@@](C)(C(F)(F)F)[C@H]2C)ccc(F)c1F. The molecule has 2 aliphatic rings. The number of H-pyrrole nitrogens is 1. The summed E-state index contributed by atoms with van der Waals surface area (Å²) in [5, 5.41) is 2.70. The van der Waals surface area contributed by atoms with Gasteiger partial charge in [-0.25, -0.2) is 19.2 Å². The van der Waals surface area contributed by atoms with Crippen molar-refractivity contribution < 1.29 is 41.0 Å². The number of aromatic nitrogens is 3. The number of halogens is 5. The lowest BCUT2D eigenvalue weighted by molar-refractivity contribution is -0.275. The molecule has 1 aromatic carbocycles. The van der Waals surface area contributed by atoms with E-state index in [9.17, 15) is 31.5 Å². The van der Waals surface area contributed by atoms with Crippen molar-refractivity contribution in [1.82, 2.24) is 24.8 Å². The summed E-state index contributed by atoms with van der Waals surface area (Å²) in [7, 11) is 3.00. The number of alkyl halides is 3. The number of ether oxygens (including phenoxy) is 2. The number of aromatic amines is 1. The number of pyridine rings is 1. The van der Waals surface area contributed by atoms with Crippen LogP contribution in [0.1, 0.15) is 47.7 Å². The summed E-state index contributed by atoms with van der Waals surface area (Å²) in [6.45, 7) is 4.34. The molecular formula is C27H30F5N7O4. The van der Waals surface area contributed by atoms with Crippen molar-refractivity contribution in [1.29, 1.82) is 0 Å². The molecule has 3 aromatic rings. The first-order chi connectivity index (χ1) is 20.2. The minimum atomic E-state index is -4.88. The summed E-state index contributed by atoms with van der Waals surface area (Å²) in [5.74, 6) is -6.95. The molecule has 232 valence electrons. The summed E-state index contributed by atoms with van der Waals surface area (Å²) in [6.07, 6.45) is -5.22. The largest absolute Gasteiger partial charge is 0.493 e. The molecule has 4 N–H and O–H groups in total. The first kappa shape index (κ1) is 30.4. The van der Waals surface area contributed by atoms with Gasteiger partial charge in [0.15, 0.2) is 22.9 Å². The third-order valence-corrected chi connectivity index (χ3v) is 8.38. The number of hydrogen-bond acceptors (Lipinski definition) is 7. The maximum atomic E-state index is 14.8. The zero-order valence-corrected chi connectivity index (χ0v) is 23.7. The number of amides is 3. The van der Waals surface area contributed by atoms with Crippen LogP contribution in [0.4, 0.5) is 32.4 Å². The molecule has 0 bridgehead atoms. The van der Waals surface area contributed by atoms with Crippen LogP contribution in [0.3, 0.4) is 0 Å². The maximum Gasteiger partial charge on any atom is 0.417 e. The highest BCUT2D eigenvalue weighted by Gasteiger charge is 2.65. The number of methoxy groups -OCH3 is 1. The number of carbonyl (C=O) groups is 2. The van der Waals surface area contributed by atoms with Crippen molar-refractivity contribution in [2.24, 2.45) is 11.7 Å². The van der Waals surface area contributed by atoms with Gasteiger partial charge in [-0.2, -0.15) is 17.6 Å². The van der Waals surface area contributed by atoms with E-state index in [1.165, 1.54) is 13.1 Å². The van der Waals surface area contributed by atoms with Crippen molar-refractivity contribution in [3.63, 3.8) is 0 Å². The van der Waals surface area contributed by atoms with Gasteiger partial charge in [0.05, 0.1) is 24.5 Å². The van der Waals surface area contributed by atoms with Crippen LogP contribution < -0.4 is 15.8 Å². The summed E-state index contributed by atoms with van der Waals surface area (Å²) < 4.78 is 82.9. The number of carbonyl (C=O) groups excluding carboxylic acids is 2. The molecule has 2 aliphatic heterocycles. The molecule has 0 radical (unpaired) electrons. The molecule has 4 atom stereocenters. The fourth-order valence-electron chi connectivity index (χ4n) is 5.68. The summed E-state index contributed by atoms with van der Waals surface area (Å²) in [4.78, 5) is 40.2. The molecule has 5 rings (SSSR count). The molecule has 2 saturated heterocycles. The van der Waals surface area contributed by atoms with Gasteiger partial charge in [0, 0.05) is 43.6 Å². The number of imidazole rings is 1. The Balaban J connectivity index is 1.63. The van der Waals surface area contributed by atoms with Crippen molar-refractivity contribution in [2.45, 2.75) is 37.6 Å². The van der Waals surface area contributed by atoms with E-state index in [1.54, 1.807) is 4.90 Å². The smallest absolute Gasteiger partial charge is 0.417 e. The van der Waals surface area contributed by atoms with Gasteiger partial charge in [0.2, 0.25) is 5.82 Å². The summed E-state index contributed by atoms with van der Waals surface area (Å²) in [6, 6.07) is 1.46. The number of hydrogen-bond donors (Lipinski definition) is 3. The molecule has 16 heteroatoms. The summed E-state index contributed by atoms with van der Waals surface area (Å²) >= 11 is 0. The highest BCUT2D eigenvalue weighted by Crippen LogP contribution is 2.59. The second-order valence-electron chi connectivity index (χ2n) is 10.9. The summed E-state index contributed by atoms with van der Waals surface area (Å²) in [5.41, 5.74) is 2.41. The molecular weight excluding hydrogens is 581 g/mol. The van der Waals surface area contributed by atoms with Crippen molar-refractivity contribution in [3.05, 3.63) is 47.0 Å². The van der Waals surface area contributed by atoms with Crippen LogP contribution in [-0.4, -0.2) is 88.8 Å². The van der Waals surface area contributed by atoms with E-state index in [1.807, 2.05) is 7.05 Å². The Bertz CT molecular complexity index is 1570. The van der Waals surface area contributed by atoms with Crippen LogP contribution in [0, 0.1) is 17.6 Å². The van der Waals surface area contributed by atoms with Gasteiger partial charge >= 0.3 is 12.2 Å². The van der Waals surface area contributed by atoms with E-state index in [4.69, 9.17) is 15.2 Å². The monoisotopic (exact) mass is 611 g/mol. The van der Waals surface area contributed by atoms with Crippen LogP contribution >= 0.6 is 0 Å². The lowest BCUT2D eigenvalue weighted by atomic mass is 9.77. The van der Waals surface area contributed by atoms with Gasteiger partial charge in [0.25, 0.3) is 5.91 Å². The Morgan fingerprint density at radius 2 is 1.88 bits per heavy atom. The molecule has 0 spiro atoms. The molecule has 4 heterocycles. The third kappa shape index (κ3) is 5.11. The zero-order valence-electron chi connectivity index (χ0n) is 23.7. The predicted octanol–water partition coefficient (Wildman–Crippen LogP) is 3.94. The molecule has 2 fully saturated rings. The van der Waals surface area contributed by atoms with Crippen molar-refractivity contribution in [2.75, 3.05) is 45.7 Å². The van der Waals surface area contributed by atoms with Crippen LogP contribution in [0.25, 0.3) is 11.0 Å². The molecule has 2 aromatic heterocycles. The maximum absolute atomic E-state index is 14.8. The second kappa shape index (κ2) is 10.9. The van der Waals surface area contributed by atoms with E-state index in [2.05, 4.69) is 25.2 Å². The van der Waals surface area contributed by atoms with E-state index in [0.29, 0.717) is 26.2 Å². The molecule has 0 unspecified atom stereocenters. The fourth-order valence-corrected chi connectivity index (χ4v) is 5.68. The molecule has 11 nitrogen and oxygen atoms in total. The van der Waals surface area contributed by atoms with Gasteiger partial charge in [0.1, 0.15) is 17.4 Å². The van der Waals surface area contributed by atoms with Crippen LogP contribution in [-0.2, 0) is 4.74 Å². The van der Waals surface area contributed by atoms with Gasteiger partial charge in [-0.3, -0.25) is 4.79 Å². The average Bonchev–Trinajstić information content (AvgIpc) is 3.50. The number of nitrogens with zero attached hydrogens (tertiary/aromatic N) is 4. The molecule has 3 amide bonds. The minimum Gasteiger partial charge on any atom is -0.493 e. The van der Waals surface area contributed by atoms with Gasteiger partial charge in [-0.05, 0) is 20.0 Å². The van der Waals surface area contributed by atoms with Crippen LogP contribution in [0.15, 0.2) is 18.3 Å². The number of nitrogens with one attached hydrogen (secondary N) is 2. The molecule has 43 heavy (non-hydrogen) atoms. The van der Waals surface area contributed by atoms with Crippen molar-refractivity contribution in [3.8, 4) is 5.75 Å². The zero-order chi connectivity index (χ0) is 31.4. The van der Waals surface area contributed by atoms with Crippen LogP contribution in [0.5, 0.6) is 5.75 Å². The quantitative estimate of drug-likeness (QED) is 0.372. The Morgan fingerprint density at radius 3 is 2.49 bits per heavy atom. The number of anilines is 1. The van der Waals surface area contributed by atoms with E-state index in [0.717, 1.165) is 26.2 Å². The highest BCUT2D eigenvalue weighted by molar-refractivity contribution is 6.07. The Labute approximate surface area is 242 Å². The van der Waals surface area contributed by atoms with Crippen LogP contribution in [0.2, 0.25) is 0 Å². The lowest BCUT2D eigenvalue weighted by Crippen LogP contribution is -2.48. The number of rotatable bonds is 5. The molecule has 0 aliphatic carbocycles. The number of benzene rings is 1. The standard InChI is InChI=1S/C27H30F5N7O4/c1-12-16(13-5-6-14(28)17(29)21(13)42-4)22(43-26(12,2)27(30,31)32)24-36-18-15(11-34-20(23(33)40)19(18)37-24)35-25(41)39-9-7-38(3)8-10-39/h5-6,11-12,16,22H,7-10H2,1-4H3,(H2,33,40)(H,35,41)(H,36,37)/t12-,16-,22+,26+/m0/s1. The van der Waals surface area contributed by atoms with E-state index < -0.39 is 59.0 Å². The second-order valence-corrected chi connectivity index (χ2v) is 10.9. The Kier molecular flexibility index (Phi) is 7.71. The highest BCUT2D eigenvalue weighted by atomic mass is 19.4. The Morgan fingerprint density at radius 1 is 1.21 bits per heavy atom. The third-order valence-electron chi connectivity index (χ3n) is 8.38. The van der Waals surface area contributed by atoms with Crippen molar-refractivity contribution >= 4 is 28.7 Å². The fraction of sp³-hybridized carbons (Fsp3) is 0.481. The minimum absolute atomic E-state index is 0.00542. The van der Waals surface area contributed by atoms with Gasteiger partial charge in [-0.15, -0.1) is 0 Å². The van der Waals surface area contributed by atoms with Gasteiger partial charge in [-0.1, -0.05) is 13.0 Å². The number of urea groups is 1. The number of nitrogens with two attached hydrogens (primary N) is 1. The number of fused-ring (bicyclic) bond motifs is 1. The normalized spacial score (nSPS) is 24.9. The lowest BCUT2D eigenvalue weighted by Gasteiger charge is -2.32. The van der Waals surface area contributed by atoms with E-state index >= 15 is 0 Å². The number of piperazine rings is 1.